The second kappa shape index (κ2) is 3.57. The normalized spacial score (nSPS) is 10.8. The van der Waals surface area contributed by atoms with E-state index < -0.39 is 0 Å². The molecule has 0 atom stereocenters. The third-order valence-electron chi connectivity index (χ3n) is 2.39. The van der Waals surface area contributed by atoms with Crippen molar-refractivity contribution in [2.75, 3.05) is 0 Å². The Bertz CT molecular complexity index is 685. The molecule has 0 spiro atoms. The molecule has 0 amide bonds. The second-order valence-corrected chi connectivity index (χ2v) is 4.38. The van der Waals surface area contributed by atoms with E-state index in [0.717, 1.165) is 15.9 Å². The fourth-order valence-corrected chi connectivity index (χ4v) is 2.59. The summed E-state index contributed by atoms with van der Waals surface area (Å²) in [5.74, 6) is 0. The molecule has 0 saturated heterocycles. The highest BCUT2D eigenvalue weighted by molar-refractivity contribution is 7.16. The molecule has 1 aromatic carbocycles. The van der Waals surface area contributed by atoms with E-state index >= 15 is 0 Å². The number of thiazole rings is 1. The summed E-state index contributed by atoms with van der Waals surface area (Å²) in [4.78, 5) is 15.9. The fourth-order valence-electron chi connectivity index (χ4n) is 1.70. The van der Waals surface area contributed by atoms with Gasteiger partial charge in [-0.05, 0) is 24.3 Å². The van der Waals surface area contributed by atoms with Gasteiger partial charge < -0.3 is 0 Å². The molecule has 16 heavy (non-hydrogen) atoms. The molecule has 0 aliphatic heterocycles. The Kier molecular flexibility index (Phi) is 2.08. The van der Waals surface area contributed by atoms with Crippen LogP contribution in [-0.4, -0.2) is 9.55 Å². The van der Waals surface area contributed by atoms with Gasteiger partial charge in [0.15, 0.2) is 0 Å². The standard InChI is InChI=1S/C12H8N2OS/c15-12-14(9-4-3-7-13-8-9)10-5-1-2-6-11(10)16-12/h1-8H. The SMILES string of the molecule is O=c1sc2ccccc2n1-c1cccnc1. The average Bonchev–Trinajstić information content (AvgIpc) is 2.66. The molecule has 3 rings (SSSR count). The van der Waals surface area contributed by atoms with Gasteiger partial charge in [0.05, 0.1) is 22.1 Å². The van der Waals surface area contributed by atoms with Crippen molar-refractivity contribution in [3.8, 4) is 5.69 Å². The number of hydrogen-bond acceptors (Lipinski definition) is 3. The number of pyridine rings is 1. The van der Waals surface area contributed by atoms with E-state index in [0.29, 0.717) is 0 Å². The molecule has 4 heteroatoms. The number of aromatic nitrogens is 2. The maximum Gasteiger partial charge on any atom is 0.312 e. The smallest absolute Gasteiger partial charge is 0.266 e. The largest absolute Gasteiger partial charge is 0.312 e. The van der Waals surface area contributed by atoms with E-state index in [2.05, 4.69) is 4.98 Å². The van der Waals surface area contributed by atoms with Crippen LogP contribution in [0.3, 0.4) is 0 Å². The van der Waals surface area contributed by atoms with Crippen LogP contribution in [0.5, 0.6) is 0 Å². The minimum Gasteiger partial charge on any atom is -0.266 e. The molecular weight excluding hydrogens is 220 g/mol. The molecule has 78 valence electrons. The number of benzene rings is 1. The molecule has 0 radical (unpaired) electrons. The minimum atomic E-state index is 0.0224. The van der Waals surface area contributed by atoms with Crippen molar-refractivity contribution in [1.82, 2.24) is 9.55 Å². The summed E-state index contributed by atoms with van der Waals surface area (Å²) in [6.07, 6.45) is 3.39. The zero-order chi connectivity index (χ0) is 11.0. The predicted molar refractivity (Wildman–Crippen MR) is 65.2 cm³/mol. The van der Waals surface area contributed by atoms with Crippen molar-refractivity contribution in [2.24, 2.45) is 0 Å². The zero-order valence-corrected chi connectivity index (χ0v) is 9.15. The van der Waals surface area contributed by atoms with Gasteiger partial charge in [0, 0.05) is 6.20 Å². The van der Waals surface area contributed by atoms with Crippen LogP contribution in [0.4, 0.5) is 0 Å². The lowest BCUT2D eigenvalue weighted by molar-refractivity contribution is 1.07. The van der Waals surface area contributed by atoms with Gasteiger partial charge in [-0.3, -0.25) is 14.3 Å². The van der Waals surface area contributed by atoms with Gasteiger partial charge in [-0.1, -0.05) is 23.5 Å². The number of nitrogens with zero attached hydrogens (tertiary/aromatic N) is 2. The van der Waals surface area contributed by atoms with Gasteiger partial charge in [-0.25, -0.2) is 0 Å². The molecule has 3 nitrogen and oxygen atoms in total. The third kappa shape index (κ3) is 1.35. The molecule has 2 aromatic heterocycles. The lowest BCUT2D eigenvalue weighted by atomic mass is 10.3. The van der Waals surface area contributed by atoms with Crippen molar-refractivity contribution in [3.63, 3.8) is 0 Å². The summed E-state index contributed by atoms with van der Waals surface area (Å²) < 4.78 is 2.68. The average molecular weight is 228 g/mol. The van der Waals surface area contributed by atoms with Crippen LogP contribution in [0.2, 0.25) is 0 Å². The monoisotopic (exact) mass is 228 g/mol. The maximum absolute atomic E-state index is 11.9. The van der Waals surface area contributed by atoms with Gasteiger partial charge in [-0.15, -0.1) is 0 Å². The first-order chi connectivity index (χ1) is 7.86. The molecule has 0 unspecified atom stereocenters. The zero-order valence-electron chi connectivity index (χ0n) is 8.33. The molecule has 2 heterocycles. The summed E-state index contributed by atoms with van der Waals surface area (Å²) in [5.41, 5.74) is 1.75. The molecule has 0 N–H and O–H groups in total. The Hall–Kier alpha value is -1.94. The van der Waals surface area contributed by atoms with E-state index in [1.807, 2.05) is 36.4 Å². The van der Waals surface area contributed by atoms with Gasteiger partial charge in [-0.2, -0.15) is 0 Å². The van der Waals surface area contributed by atoms with Crippen molar-refractivity contribution in [2.45, 2.75) is 0 Å². The van der Waals surface area contributed by atoms with E-state index in [4.69, 9.17) is 0 Å². The van der Waals surface area contributed by atoms with E-state index in [-0.39, 0.29) is 4.87 Å². The highest BCUT2D eigenvalue weighted by atomic mass is 32.1. The minimum absolute atomic E-state index is 0.0224. The van der Waals surface area contributed by atoms with Crippen molar-refractivity contribution >= 4 is 21.6 Å². The Balaban J connectivity index is 2.40. The van der Waals surface area contributed by atoms with Crippen LogP contribution in [-0.2, 0) is 0 Å². The van der Waals surface area contributed by atoms with Crippen molar-refractivity contribution < 1.29 is 0 Å². The second-order valence-electron chi connectivity index (χ2n) is 3.38. The summed E-state index contributed by atoms with van der Waals surface area (Å²) in [7, 11) is 0. The Labute approximate surface area is 95.6 Å². The lowest BCUT2D eigenvalue weighted by Crippen LogP contribution is -2.09. The highest BCUT2D eigenvalue weighted by Gasteiger charge is 2.07. The third-order valence-corrected chi connectivity index (χ3v) is 3.31. The molecule has 0 saturated carbocycles. The highest BCUT2D eigenvalue weighted by Crippen LogP contribution is 2.19. The number of hydrogen-bond donors (Lipinski definition) is 0. The maximum atomic E-state index is 11.9. The number of fused-ring (bicyclic) bond motifs is 1. The number of rotatable bonds is 1. The first kappa shape index (κ1) is 9.30. The van der Waals surface area contributed by atoms with Crippen LogP contribution in [0.1, 0.15) is 0 Å². The molecule has 0 aliphatic carbocycles. The summed E-state index contributed by atoms with van der Waals surface area (Å²) in [6, 6.07) is 11.5. The molecule has 3 aromatic rings. The topological polar surface area (TPSA) is 34.9 Å². The van der Waals surface area contributed by atoms with Crippen LogP contribution in [0.25, 0.3) is 15.9 Å². The van der Waals surface area contributed by atoms with E-state index in [1.165, 1.54) is 11.3 Å². The molecule has 0 bridgehead atoms. The van der Waals surface area contributed by atoms with E-state index in [1.54, 1.807) is 17.0 Å². The quantitative estimate of drug-likeness (QED) is 0.641. The molecular formula is C12H8N2OS. The molecule has 0 aliphatic rings. The predicted octanol–water partition coefficient (Wildman–Crippen LogP) is 2.45. The number of para-hydroxylation sites is 1. The Morgan fingerprint density at radius 1 is 1.12 bits per heavy atom. The first-order valence-corrected chi connectivity index (χ1v) is 5.69. The first-order valence-electron chi connectivity index (χ1n) is 4.87. The van der Waals surface area contributed by atoms with E-state index in [9.17, 15) is 4.79 Å². The van der Waals surface area contributed by atoms with Gasteiger partial charge in [0.1, 0.15) is 0 Å². The Morgan fingerprint density at radius 2 is 2.00 bits per heavy atom. The van der Waals surface area contributed by atoms with Crippen LogP contribution >= 0.6 is 11.3 Å². The van der Waals surface area contributed by atoms with Gasteiger partial charge >= 0.3 is 4.87 Å². The van der Waals surface area contributed by atoms with Gasteiger partial charge in [0.25, 0.3) is 0 Å². The fraction of sp³-hybridized carbons (Fsp3) is 0. The Morgan fingerprint density at radius 3 is 2.81 bits per heavy atom. The van der Waals surface area contributed by atoms with Gasteiger partial charge in [0.2, 0.25) is 0 Å². The van der Waals surface area contributed by atoms with Crippen LogP contribution in [0, 0.1) is 0 Å². The van der Waals surface area contributed by atoms with Crippen LogP contribution in [0.15, 0.2) is 53.6 Å². The van der Waals surface area contributed by atoms with Crippen molar-refractivity contribution in [3.05, 3.63) is 58.5 Å². The summed E-state index contributed by atoms with van der Waals surface area (Å²) in [6.45, 7) is 0. The van der Waals surface area contributed by atoms with Crippen LogP contribution < -0.4 is 4.87 Å². The summed E-state index contributed by atoms with van der Waals surface area (Å²) >= 11 is 1.25. The lowest BCUT2D eigenvalue weighted by Gasteiger charge is -2.01. The van der Waals surface area contributed by atoms with Crippen molar-refractivity contribution in [1.29, 1.82) is 0 Å². The molecule has 0 fully saturated rings. The summed E-state index contributed by atoms with van der Waals surface area (Å²) in [5, 5.41) is 0.